The molecule has 0 aromatic heterocycles. The van der Waals surface area contributed by atoms with E-state index in [4.69, 9.17) is 0 Å². The van der Waals surface area contributed by atoms with Gasteiger partial charge in [0.15, 0.2) is 0 Å². The maximum atomic E-state index is 12.6. The Morgan fingerprint density at radius 2 is 1.50 bits per heavy atom. The molecule has 0 radical (unpaired) electrons. The van der Waals surface area contributed by atoms with Crippen molar-refractivity contribution in [1.29, 1.82) is 0 Å². The molecule has 0 bridgehead atoms. The third-order valence-electron chi connectivity index (χ3n) is 4.18. The van der Waals surface area contributed by atoms with Crippen LogP contribution in [0, 0.1) is 34.6 Å². The van der Waals surface area contributed by atoms with Crippen LogP contribution in [-0.2, 0) is 14.8 Å². The lowest BCUT2D eigenvalue weighted by atomic mass is 10.1. The van der Waals surface area contributed by atoms with Gasteiger partial charge in [-0.1, -0.05) is 29.8 Å². The van der Waals surface area contributed by atoms with Gasteiger partial charge < -0.3 is 5.32 Å². The Bertz CT molecular complexity index is 911. The van der Waals surface area contributed by atoms with Crippen LogP contribution < -0.4 is 10.0 Å². The van der Waals surface area contributed by atoms with E-state index in [0.29, 0.717) is 11.1 Å². The Morgan fingerprint density at radius 3 is 2.12 bits per heavy atom. The molecule has 0 unspecified atom stereocenters. The number of sulfonamides is 1. The minimum atomic E-state index is -3.65. The molecule has 0 fully saturated rings. The Morgan fingerprint density at radius 1 is 0.885 bits per heavy atom. The predicted octanol–water partition coefficient (Wildman–Crippen LogP) is 3.54. The minimum Gasteiger partial charge on any atom is -0.326 e. The predicted molar refractivity (Wildman–Crippen MR) is 105 cm³/mol. The summed E-state index contributed by atoms with van der Waals surface area (Å²) >= 11 is 0. The molecule has 140 valence electrons. The number of benzene rings is 2. The summed E-state index contributed by atoms with van der Waals surface area (Å²) < 4.78 is 27.7. The molecule has 0 heterocycles. The van der Waals surface area contributed by atoms with Gasteiger partial charge in [-0.2, -0.15) is 0 Å². The Labute approximate surface area is 155 Å². The van der Waals surface area contributed by atoms with Gasteiger partial charge in [0.1, 0.15) is 0 Å². The number of anilines is 1. The van der Waals surface area contributed by atoms with E-state index >= 15 is 0 Å². The number of hydrogen-bond acceptors (Lipinski definition) is 3. The topological polar surface area (TPSA) is 75.3 Å². The summed E-state index contributed by atoms with van der Waals surface area (Å²) in [6.07, 6.45) is 0.0660. The molecule has 2 aromatic carbocycles. The normalized spacial score (nSPS) is 11.4. The molecule has 5 nitrogen and oxygen atoms in total. The minimum absolute atomic E-state index is 0.0474. The second-order valence-electron chi connectivity index (χ2n) is 6.74. The molecule has 0 atom stereocenters. The molecule has 2 rings (SSSR count). The number of carbonyl (C=O) groups excluding carboxylic acids is 1. The van der Waals surface area contributed by atoms with Gasteiger partial charge in [-0.15, -0.1) is 0 Å². The zero-order chi connectivity index (χ0) is 19.5. The van der Waals surface area contributed by atoms with E-state index in [0.717, 1.165) is 22.4 Å². The van der Waals surface area contributed by atoms with Crippen LogP contribution in [0.15, 0.2) is 35.2 Å². The highest BCUT2D eigenvalue weighted by atomic mass is 32.2. The van der Waals surface area contributed by atoms with Crippen LogP contribution in [0.5, 0.6) is 0 Å². The van der Waals surface area contributed by atoms with Crippen molar-refractivity contribution < 1.29 is 13.2 Å². The number of aryl methyl sites for hydroxylation is 5. The third-order valence-corrected chi connectivity index (χ3v) is 5.95. The Balaban J connectivity index is 2.00. The average molecular weight is 375 g/mol. The highest BCUT2D eigenvalue weighted by Crippen LogP contribution is 2.21. The largest absolute Gasteiger partial charge is 0.326 e. The zero-order valence-corrected chi connectivity index (χ0v) is 16.8. The summed E-state index contributed by atoms with van der Waals surface area (Å²) in [5, 5.41) is 2.83. The van der Waals surface area contributed by atoms with Gasteiger partial charge in [-0.05, 0) is 62.9 Å². The van der Waals surface area contributed by atoms with Crippen LogP contribution in [0.25, 0.3) is 0 Å². The van der Waals surface area contributed by atoms with E-state index in [1.54, 1.807) is 13.8 Å². The molecule has 0 aliphatic heterocycles. The number of carbonyl (C=O) groups is 1. The first kappa shape index (κ1) is 20.1. The summed E-state index contributed by atoms with van der Waals surface area (Å²) in [5.41, 5.74) is 5.20. The van der Waals surface area contributed by atoms with Crippen molar-refractivity contribution in [3.8, 4) is 0 Å². The van der Waals surface area contributed by atoms with Crippen molar-refractivity contribution in [2.24, 2.45) is 0 Å². The third kappa shape index (κ3) is 4.93. The van der Waals surface area contributed by atoms with Crippen LogP contribution in [-0.4, -0.2) is 20.9 Å². The van der Waals surface area contributed by atoms with E-state index < -0.39 is 10.0 Å². The molecule has 26 heavy (non-hydrogen) atoms. The van der Waals surface area contributed by atoms with Gasteiger partial charge in [0.05, 0.1) is 4.90 Å². The molecule has 0 saturated carbocycles. The SMILES string of the molecule is Cc1cc(C)c(S(=O)(=O)NCCC(=O)Nc2cc(C)ccc2C)c(C)c1. The Kier molecular flexibility index (Phi) is 6.21. The highest BCUT2D eigenvalue weighted by Gasteiger charge is 2.19. The van der Waals surface area contributed by atoms with Crippen molar-refractivity contribution in [2.75, 3.05) is 11.9 Å². The molecule has 0 saturated heterocycles. The standard InChI is InChI=1S/C20H26N2O3S/c1-13-6-7-15(3)18(12-13)22-19(23)8-9-21-26(24,25)20-16(4)10-14(2)11-17(20)5/h6-7,10-12,21H,8-9H2,1-5H3,(H,22,23). The lowest BCUT2D eigenvalue weighted by molar-refractivity contribution is -0.116. The molecule has 2 N–H and O–H groups in total. The number of rotatable bonds is 6. The quantitative estimate of drug-likeness (QED) is 0.812. The van der Waals surface area contributed by atoms with Crippen molar-refractivity contribution in [1.82, 2.24) is 4.72 Å². The van der Waals surface area contributed by atoms with Crippen molar-refractivity contribution >= 4 is 21.6 Å². The summed E-state index contributed by atoms with van der Waals surface area (Å²) in [5.74, 6) is -0.223. The molecular weight excluding hydrogens is 348 g/mol. The summed E-state index contributed by atoms with van der Waals surface area (Å²) in [6, 6.07) is 9.50. The fourth-order valence-corrected chi connectivity index (χ4v) is 4.53. The number of hydrogen-bond donors (Lipinski definition) is 2. The molecular formula is C20H26N2O3S. The van der Waals surface area contributed by atoms with Gasteiger partial charge in [-0.3, -0.25) is 4.79 Å². The summed E-state index contributed by atoms with van der Waals surface area (Å²) in [7, 11) is -3.65. The van der Waals surface area contributed by atoms with Crippen LogP contribution >= 0.6 is 0 Å². The van der Waals surface area contributed by atoms with Crippen LogP contribution in [0.2, 0.25) is 0 Å². The van der Waals surface area contributed by atoms with Gasteiger partial charge >= 0.3 is 0 Å². The lowest BCUT2D eigenvalue weighted by Gasteiger charge is -2.13. The van der Waals surface area contributed by atoms with E-state index in [1.165, 1.54) is 0 Å². The second kappa shape index (κ2) is 8.01. The van der Waals surface area contributed by atoms with Gasteiger partial charge in [0.25, 0.3) is 0 Å². The van der Waals surface area contributed by atoms with Crippen molar-refractivity contribution in [3.63, 3.8) is 0 Å². The maximum absolute atomic E-state index is 12.6. The van der Waals surface area contributed by atoms with Crippen LogP contribution in [0.4, 0.5) is 5.69 Å². The van der Waals surface area contributed by atoms with Gasteiger partial charge in [-0.25, -0.2) is 13.1 Å². The molecule has 6 heteroatoms. The molecule has 1 amide bonds. The number of nitrogens with one attached hydrogen (secondary N) is 2. The summed E-state index contributed by atoms with van der Waals surface area (Å²) in [4.78, 5) is 12.4. The lowest BCUT2D eigenvalue weighted by Crippen LogP contribution is -2.29. The van der Waals surface area contributed by atoms with Gasteiger partial charge in [0.2, 0.25) is 15.9 Å². The average Bonchev–Trinajstić information content (AvgIpc) is 2.49. The monoisotopic (exact) mass is 374 g/mol. The van der Waals surface area contributed by atoms with E-state index in [9.17, 15) is 13.2 Å². The molecule has 0 aliphatic rings. The summed E-state index contributed by atoms with van der Waals surface area (Å²) in [6.45, 7) is 9.41. The van der Waals surface area contributed by atoms with E-state index in [2.05, 4.69) is 10.0 Å². The fourth-order valence-electron chi connectivity index (χ4n) is 3.04. The van der Waals surface area contributed by atoms with Gasteiger partial charge in [0, 0.05) is 18.7 Å². The van der Waals surface area contributed by atoms with E-state index in [1.807, 2.05) is 51.1 Å². The van der Waals surface area contributed by atoms with Crippen molar-refractivity contribution in [2.45, 2.75) is 45.9 Å². The first-order valence-electron chi connectivity index (χ1n) is 8.55. The van der Waals surface area contributed by atoms with E-state index in [-0.39, 0.29) is 23.8 Å². The number of amides is 1. The zero-order valence-electron chi connectivity index (χ0n) is 15.9. The maximum Gasteiger partial charge on any atom is 0.241 e. The first-order valence-corrected chi connectivity index (χ1v) is 10.0. The van der Waals surface area contributed by atoms with Crippen LogP contribution in [0.3, 0.4) is 0 Å². The van der Waals surface area contributed by atoms with Crippen molar-refractivity contribution in [3.05, 3.63) is 58.1 Å². The molecule has 0 spiro atoms. The second-order valence-corrected chi connectivity index (χ2v) is 8.45. The smallest absolute Gasteiger partial charge is 0.241 e. The fraction of sp³-hybridized carbons (Fsp3) is 0.350. The highest BCUT2D eigenvalue weighted by molar-refractivity contribution is 7.89. The van der Waals surface area contributed by atoms with Crippen LogP contribution in [0.1, 0.15) is 34.2 Å². The Hall–Kier alpha value is -2.18. The molecule has 2 aromatic rings. The molecule has 0 aliphatic carbocycles. The first-order chi connectivity index (χ1) is 12.1.